The molecule has 20 heavy (non-hydrogen) atoms. The van der Waals surface area contributed by atoms with Crippen molar-refractivity contribution in [3.05, 3.63) is 0 Å². The van der Waals surface area contributed by atoms with Gasteiger partial charge in [-0.05, 0) is 86.4 Å². The average molecular weight is 277 g/mol. The normalized spacial score (nSPS) is 49.5. The van der Waals surface area contributed by atoms with Gasteiger partial charge in [0.25, 0.3) is 0 Å². The molecule has 1 aliphatic heterocycles. The van der Waals surface area contributed by atoms with Gasteiger partial charge in [0.2, 0.25) is 0 Å². The van der Waals surface area contributed by atoms with Gasteiger partial charge < -0.3 is 10.5 Å². The first-order valence-electron chi connectivity index (χ1n) is 8.90. The summed E-state index contributed by atoms with van der Waals surface area (Å²) in [5.74, 6) is 2.84. The molecule has 4 bridgehead atoms. The third-order valence-electron chi connectivity index (χ3n) is 7.11. The summed E-state index contributed by atoms with van der Waals surface area (Å²) in [6.07, 6.45) is 12.6. The first-order chi connectivity index (χ1) is 9.57. The summed E-state index contributed by atoms with van der Waals surface area (Å²) in [6, 6.07) is 0.454. The topological polar surface area (TPSA) is 35.2 Å². The average Bonchev–Trinajstić information content (AvgIpc) is 2.37. The van der Waals surface area contributed by atoms with Gasteiger partial charge in [-0.25, -0.2) is 0 Å². The number of hydrogen-bond donors (Lipinski definition) is 1. The lowest BCUT2D eigenvalue weighted by Gasteiger charge is -2.63. The predicted molar refractivity (Wildman–Crippen MR) is 81.4 cm³/mol. The molecule has 0 radical (unpaired) electrons. The molecule has 0 aromatic carbocycles. The van der Waals surface area contributed by atoms with Crippen LogP contribution >= 0.6 is 0 Å². The van der Waals surface area contributed by atoms with Gasteiger partial charge in [-0.15, -0.1) is 0 Å². The van der Waals surface area contributed by atoms with Crippen LogP contribution in [-0.2, 0) is 4.74 Å². The quantitative estimate of drug-likeness (QED) is 0.853. The van der Waals surface area contributed by atoms with Crippen LogP contribution < -0.4 is 5.73 Å². The van der Waals surface area contributed by atoms with E-state index in [-0.39, 0.29) is 0 Å². The minimum Gasteiger partial charge on any atom is -0.381 e. The van der Waals surface area contributed by atoms with E-state index < -0.39 is 0 Å². The summed E-state index contributed by atoms with van der Waals surface area (Å²) >= 11 is 0. The number of rotatable bonds is 3. The lowest BCUT2D eigenvalue weighted by atomic mass is 9.43. The van der Waals surface area contributed by atoms with Crippen LogP contribution in [0.25, 0.3) is 0 Å². The molecule has 3 atom stereocenters. The zero-order valence-corrected chi connectivity index (χ0v) is 13.1. The van der Waals surface area contributed by atoms with E-state index in [1.54, 1.807) is 0 Å². The molecule has 4 saturated carbocycles. The van der Waals surface area contributed by atoms with Crippen molar-refractivity contribution in [2.75, 3.05) is 13.2 Å². The van der Waals surface area contributed by atoms with Gasteiger partial charge in [-0.1, -0.05) is 6.92 Å². The van der Waals surface area contributed by atoms with Gasteiger partial charge in [-0.3, -0.25) is 0 Å². The first kappa shape index (κ1) is 13.6. The Hall–Kier alpha value is -0.0800. The monoisotopic (exact) mass is 277 g/mol. The fourth-order valence-corrected chi connectivity index (χ4v) is 6.82. The fraction of sp³-hybridized carbons (Fsp3) is 1.00. The van der Waals surface area contributed by atoms with Crippen molar-refractivity contribution in [2.45, 2.75) is 70.8 Å². The Labute approximate surface area is 123 Å². The van der Waals surface area contributed by atoms with Crippen molar-refractivity contribution in [3.63, 3.8) is 0 Å². The summed E-state index contributed by atoms with van der Waals surface area (Å²) in [5.41, 5.74) is 7.97. The Kier molecular flexibility index (Phi) is 3.20. The third kappa shape index (κ3) is 2.23. The molecule has 1 heterocycles. The van der Waals surface area contributed by atoms with Crippen LogP contribution in [0.15, 0.2) is 0 Å². The summed E-state index contributed by atoms with van der Waals surface area (Å²) in [6.45, 7) is 4.49. The van der Waals surface area contributed by atoms with Crippen LogP contribution in [-0.4, -0.2) is 19.3 Å². The lowest BCUT2D eigenvalue weighted by Crippen LogP contribution is -2.58. The first-order valence-corrected chi connectivity index (χ1v) is 8.90. The maximum Gasteiger partial charge on any atom is 0.0468 e. The zero-order chi connectivity index (χ0) is 13.8. The highest BCUT2D eigenvalue weighted by Crippen LogP contribution is 2.66. The Morgan fingerprint density at radius 3 is 2.35 bits per heavy atom. The van der Waals surface area contributed by atoms with E-state index in [1.165, 1.54) is 57.8 Å². The summed E-state index contributed by atoms with van der Waals surface area (Å²) in [7, 11) is 0. The smallest absolute Gasteiger partial charge is 0.0468 e. The van der Waals surface area contributed by atoms with Crippen molar-refractivity contribution in [1.82, 2.24) is 0 Å². The molecule has 0 amide bonds. The Bertz CT molecular complexity index is 360. The standard InChI is InChI=1S/C18H31NO/c1-17-8-14-6-15(9-17)11-18(10-14,12-17)16(19)7-13-2-4-20-5-3-13/h13-16H,2-12,19H2,1H3. The van der Waals surface area contributed by atoms with Crippen LogP contribution in [0, 0.1) is 28.6 Å². The van der Waals surface area contributed by atoms with Crippen LogP contribution in [0.1, 0.15) is 64.7 Å². The molecule has 0 aromatic rings. The molecule has 2 heteroatoms. The third-order valence-corrected chi connectivity index (χ3v) is 7.11. The molecule has 2 N–H and O–H groups in total. The maximum absolute atomic E-state index is 6.82. The summed E-state index contributed by atoms with van der Waals surface area (Å²) in [4.78, 5) is 0. The van der Waals surface area contributed by atoms with Gasteiger partial charge in [0.05, 0.1) is 0 Å². The van der Waals surface area contributed by atoms with Crippen LogP contribution in [0.3, 0.4) is 0 Å². The highest BCUT2D eigenvalue weighted by Gasteiger charge is 2.57. The van der Waals surface area contributed by atoms with E-state index in [0.717, 1.165) is 31.0 Å². The second-order valence-electron chi connectivity index (χ2n) is 9.03. The summed E-state index contributed by atoms with van der Waals surface area (Å²) < 4.78 is 5.51. The minimum absolute atomic E-state index is 0.454. The number of hydrogen-bond acceptors (Lipinski definition) is 2. The molecule has 5 rings (SSSR count). The van der Waals surface area contributed by atoms with Crippen LogP contribution in [0.2, 0.25) is 0 Å². The van der Waals surface area contributed by atoms with Crippen LogP contribution in [0.5, 0.6) is 0 Å². The van der Waals surface area contributed by atoms with Crippen molar-refractivity contribution in [3.8, 4) is 0 Å². The Balaban J connectivity index is 1.49. The van der Waals surface area contributed by atoms with Gasteiger partial charge in [0, 0.05) is 19.3 Å². The minimum atomic E-state index is 0.454. The molecule has 0 aromatic heterocycles. The number of ether oxygens (including phenoxy) is 1. The van der Waals surface area contributed by atoms with E-state index in [9.17, 15) is 0 Å². The molecule has 5 fully saturated rings. The lowest BCUT2D eigenvalue weighted by molar-refractivity contribution is -0.116. The molecule has 3 unspecified atom stereocenters. The van der Waals surface area contributed by atoms with Gasteiger partial charge in [-0.2, -0.15) is 0 Å². The van der Waals surface area contributed by atoms with Crippen molar-refractivity contribution < 1.29 is 4.74 Å². The van der Waals surface area contributed by atoms with Crippen molar-refractivity contribution in [1.29, 1.82) is 0 Å². The fourth-order valence-electron chi connectivity index (χ4n) is 6.82. The summed E-state index contributed by atoms with van der Waals surface area (Å²) in [5, 5.41) is 0. The van der Waals surface area contributed by atoms with Gasteiger partial charge >= 0.3 is 0 Å². The molecule has 2 nitrogen and oxygen atoms in total. The second kappa shape index (κ2) is 4.71. The Morgan fingerprint density at radius 1 is 1.10 bits per heavy atom. The molecule has 4 aliphatic carbocycles. The maximum atomic E-state index is 6.82. The predicted octanol–water partition coefficient (Wildman–Crippen LogP) is 3.74. The van der Waals surface area contributed by atoms with Crippen molar-refractivity contribution in [2.24, 2.45) is 34.3 Å². The highest BCUT2D eigenvalue weighted by molar-refractivity contribution is 5.09. The Morgan fingerprint density at radius 2 is 1.75 bits per heavy atom. The molecule has 5 aliphatic rings. The van der Waals surface area contributed by atoms with Gasteiger partial charge in [0.1, 0.15) is 0 Å². The molecular formula is C18H31NO. The van der Waals surface area contributed by atoms with E-state index in [2.05, 4.69) is 6.92 Å². The number of nitrogens with two attached hydrogens (primary N) is 1. The largest absolute Gasteiger partial charge is 0.381 e. The molecule has 114 valence electrons. The molecule has 1 saturated heterocycles. The van der Waals surface area contributed by atoms with E-state index >= 15 is 0 Å². The van der Waals surface area contributed by atoms with Crippen molar-refractivity contribution >= 4 is 0 Å². The van der Waals surface area contributed by atoms with E-state index in [1.807, 2.05) is 0 Å². The highest BCUT2D eigenvalue weighted by atomic mass is 16.5. The molecule has 0 spiro atoms. The van der Waals surface area contributed by atoms with Gasteiger partial charge in [0.15, 0.2) is 0 Å². The van der Waals surface area contributed by atoms with E-state index in [4.69, 9.17) is 10.5 Å². The molecular weight excluding hydrogens is 246 g/mol. The van der Waals surface area contributed by atoms with Crippen LogP contribution in [0.4, 0.5) is 0 Å². The SMILES string of the molecule is CC12CC3CC(C1)CC(C(N)CC1CCOCC1)(C3)C2. The zero-order valence-electron chi connectivity index (χ0n) is 13.1. The van der Waals surface area contributed by atoms with E-state index in [0.29, 0.717) is 16.9 Å². The second-order valence-corrected chi connectivity index (χ2v) is 9.03.